The van der Waals surface area contributed by atoms with E-state index in [4.69, 9.17) is 9.84 Å². The van der Waals surface area contributed by atoms with Crippen molar-refractivity contribution in [2.75, 3.05) is 6.61 Å². The van der Waals surface area contributed by atoms with Crippen LogP contribution in [0, 0.1) is 5.92 Å². The third-order valence-electron chi connectivity index (χ3n) is 3.34. The second kappa shape index (κ2) is 6.83. The summed E-state index contributed by atoms with van der Waals surface area (Å²) >= 11 is 0. The molecule has 0 heterocycles. The zero-order valence-electron chi connectivity index (χ0n) is 11.5. The molecule has 1 aliphatic carbocycles. The lowest BCUT2D eigenvalue weighted by Crippen LogP contribution is -2.08. The molecule has 3 N–H and O–H groups in total. The summed E-state index contributed by atoms with van der Waals surface area (Å²) in [6.07, 6.45) is 5.32. The predicted octanol–water partition coefficient (Wildman–Crippen LogP) is 3.02. The highest BCUT2D eigenvalue weighted by Crippen LogP contribution is 2.31. The van der Waals surface area contributed by atoms with E-state index in [1.807, 2.05) is 6.08 Å². The molecular weight excluding hydrogens is 272 g/mol. The van der Waals surface area contributed by atoms with Gasteiger partial charge in [-0.3, -0.25) is 0 Å². The number of aromatic hydroxyl groups is 1. The SMILES string of the molecule is O=C(O)C1=C(O)CCC1/C=C/CCOc1cccc(O)c1. The van der Waals surface area contributed by atoms with Crippen LogP contribution in [0.25, 0.3) is 0 Å². The number of phenolic OH excluding ortho intramolecular Hbond substituents is 1. The van der Waals surface area contributed by atoms with Crippen LogP contribution in [0.2, 0.25) is 0 Å². The second-order valence-corrected chi connectivity index (χ2v) is 4.87. The first-order valence-corrected chi connectivity index (χ1v) is 6.81. The van der Waals surface area contributed by atoms with Crippen LogP contribution in [0.1, 0.15) is 19.3 Å². The number of carboxylic acids is 1. The maximum absolute atomic E-state index is 11.0. The predicted molar refractivity (Wildman–Crippen MR) is 77.4 cm³/mol. The van der Waals surface area contributed by atoms with Gasteiger partial charge in [0.25, 0.3) is 0 Å². The van der Waals surface area contributed by atoms with Gasteiger partial charge in [0.15, 0.2) is 0 Å². The van der Waals surface area contributed by atoms with Crippen molar-refractivity contribution >= 4 is 5.97 Å². The Kier molecular flexibility index (Phi) is 4.87. The number of hydrogen-bond donors (Lipinski definition) is 3. The van der Waals surface area contributed by atoms with Crippen LogP contribution in [0.5, 0.6) is 11.5 Å². The van der Waals surface area contributed by atoms with E-state index in [2.05, 4.69) is 0 Å². The molecule has 2 rings (SSSR count). The fraction of sp³-hybridized carbons (Fsp3) is 0.312. The summed E-state index contributed by atoms with van der Waals surface area (Å²) in [6, 6.07) is 6.55. The van der Waals surface area contributed by atoms with Gasteiger partial charge in [-0.15, -0.1) is 0 Å². The Hall–Kier alpha value is -2.43. The summed E-state index contributed by atoms with van der Waals surface area (Å²) < 4.78 is 5.46. The van der Waals surface area contributed by atoms with Gasteiger partial charge in [0.2, 0.25) is 0 Å². The van der Waals surface area contributed by atoms with E-state index in [1.165, 1.54) is 6.07 Å². The fourth-order valence-electron chi connectivity index (χ4n) is 2.34. The molecule has 0 aromatic heterocycles. The number of aliphatic hydroxyl groups excluding tert-OH is 1. The standard InChI is InChI=1S/C16H18O5/c17-12-5-3-6-13(10-12)21-9-2-1-4-11-7-8-14(18)15(11)16(19)20/h1,3-6,10-11,17-18H,2,7-9H2,(H,19,20)/b4-1+. The van der Waals surface area contributed by atoms with Gasteiger partial charge in [-0.1, -0.05) is 18.2 Å². The third kappa shape index (κ3) is 4.02. The molecule has 112 valence electrons. The number of phenols is 1. The molecule has 0 spiro atoms. The van der Waals surface area contributed by atoms with Crippen LogP contribution in [0.4, 0.5) is 0 Å². The molecule has 1 aliphatic rings. The molecule has 0 bridgehead atoms. The molecule has 0 fully saturated rings. The molecule has 0 saturated heterocycles. The van der Waals surface area contributed by atoms with Crippen molar-refractivity contribution in [2.45, 2.75) is 19.3 Å². The number of carboxylic acid groups (broad SMARTS) is 1. The van der Waals surface area contributed by atoms with Gasteiger partial charge in [-0.2, -0.15) is 0 Å². The lowest BCUT2D eigenvalue weighted by molar-refractivity contribution is -0.133. The Morgan fingerprint density at radius 3 is 2.90 bits per heavy atom. The average Bonchev–Trinajstić information content (AvgIpc) is 2.80. The molecule has 5 nitrogen and oxygen atoms in total. The van der Waals surface area contributed by atoms with Crippen molar-refractivity contribution in [3.8, 4) is 11.5 Å². The molecular formula is C16H18O5. The van der Waals surface area contributed by atoms with Gasteiger partial charge in [-0.05, 0) is 25.0 Å². The molecule has 0 aliphatic heterocycles. The quantitative estimate of drug-likeness (QED) is 0.553. The van der Waals surface area contributed by atoms with Crippen molar-refractivity contribution in [2.24, 2.45) is 5.92 Å². The molecule has 21 heavy (non-hydrogen) atoms. The summed E-state index contributed by atoms with van der Waals surface area (Å²) in [4.78, 5) is 11.0. The van der Waals surface area contributed by atoms with Crippen molar-refractivity contribution in [1.29, 1.82) is 0 Å². The number of aliphatic hydroxyl groups is 1. The van der Waals surface area contributed by atoms with Gasteiger partial charge >= 0.3 is 5.97 Å². The molecule has 1 atom stereocenters. The number of benzene rings is 1. The Morgan fingerprint density at radius 1 is 1.38 bits per heavy atom. The van der Waals surface area contributed by atoms with Crippen LogP contribution in [0.3, 0.4) is 0 Å². The van der Waals surface area contributed by atoms with Crippen molar-refractivity contribution in [3.05, 3.63) is 47.7 Å². The Morgan fingerprint density at radius 2 is 2.19 bits per heavy atom. The molecule has 5 heteroatoms. The smallest absolute Gasteiger partial charge is 0.335 e. The average molecular weight is 290 g/mol. The highest BCUT2D eigenvalue weighted by atomic mass is 16.5. The Bertz CT molecular complexity index is 574. The van der Waals surface area contributed by atoms with Gasteiger partial charge in [0.05, 0.1) is 12.2 Å². The minimum Gasteiger partial charge on any atom is -0.512 e. The summed E-state index contributed by atoms with van der Waals surface area (Å²) in [5.74, 6) is -0.569. The first-order chi connectivity index (χ1) is 10.1. The number of rotatable bonds is 6. The first-order valence-electron chi connectivity index (χ1n) is 6.81. The summed E-state index contributed by atoms with van der Waals surface area (Å²) in [5.41, 5.74) is 0.0974. The van der Waals surface area contributed by atoms with Crippen molar-refractivity contribution in [1.82, 2.24) is 0 Å². The zero-order valence-corrected chi connectivity index (χ0v) is 11.5. The minimum absolute atomic E-state index is 0.0202. The van der Waals surface area contributed by atoms with E-state index < -0.39 is 5.97 Å². The zero-order chi connectivity index (χ0) is 15.2. The molecule has 0 amide bonds. The van der Waals surface area contributed by atoms with Crippen molar-refractivity contribution in [3.63, 3.8) is 0 Å². The van der Waals surface area contributed by atoms with E-state index >= 15 is 0 Å². The largest absolute Gasteiger partial charge is 0.512 e. The van der Waals surface area contributed by atoms with Gasteiger partial charge in [0.1, 0.15) is 17.3 Å². The maximum atomic E-state index is 11.0. The first kappa shape index (κ1) is 15.0. The second-order valence-electron chi connectivity index (χ2n) is 4.87. The van der Waals surface area contributed by atoms with Gasteiger partial charge in [0, 0.05) is 18.4 Å². The highest BCUT2D eigenvalue weighted by Gasteiger charge is 2.28. The molecule has 1 aromatic rings. The van der Waals surface area contributed by atoms with E-state index in [9.17, 15) is 15.0 Å². The summed E-state index contributed by atoms with van der Waals surface area (Å²) in [5, 5.41) is 27.8. The number of ether oxygens (including phenoxy) is 1. The van der Waals surface area contributed by atoms with E-state index in [0.717, 1.165) is 0 Å². The van der Waals surface area contributed by atoms with Gasteiger partial charge < -0.3 is 20.1 Å². The monoisotopic (exact) mass is 290 g/mol. The minimum atomic E-state index is -1.06. The van der Waals surface area contributed by atoms with E-state index in [-0.39, 0.29) is 23.0 Å². The number of carbonyl (C=O) groups is 1. The molecule has 0 radical (unpaired) electrons. The lowest BCUT2D eigenvalue weighted by Gasteiger charge is -2.06. The molecule has 1 aromatic carbocycles. The van der Waals surface area contributed by atoms with Gasteiger partial charge in [-0.25, -0.2) is 4.79 Å². The highest BCUT2D eigenvalue weighted by molar-refractivity contribution is 5.88. The topological polar surface area (TPSA) is 87.0 Å². The van der Waals surface area contributed by atoms with Crippen LogP contribution < -0.4 is 4.74 Å². The van der Waals surface area contributed by atoms with Crippen LogP contribution in [-0.2, 0) is 4.79 Å². The molecule has 0 saturated carbocycles. The lowest BCUT2D eigenvalue weighted by atomic mass is 10.0. The number of allylic oxidation sites excluding steroid dienone is 2. The number of hydrogen-bond acceptors (Lipinski definition) is 4. The van der Waals surface area contributed by atoms with Crippen LogP contribution in [0.15, 0.2) is 47.7 Å². The number of aliphatic carboxylic acids is 1. The Balaban J connectivity index is 1.80. The third-order valence-corrected chi connectivity index (χ3v) is 3.34. The summed E-state index contributed by atoms with van der Waals surface area (Å²) in [6.45, 7) is 0.435. The summed E-state index contributed by atoms with van der Waals surface area (Å²) in [7, 11) is 0. The fourth-order valence-corrected chi connectivity index (χ4v) is 2.34. The molecule has 1 unspecified atom stereocenters. The normalized spacial score (nSPS) is 18.4. The van der Waals surface area contributed by atoms with Crippen molar-refractivity contribution < 1.29 is 24.9 Å². The Labute approximate surface area is 122 Å². The van der Waals surface area contributed by atoms with Crippen LogP contribution >= 0.6 is 0 Å². The van der Waals surface area contributed by atoms with E-state index in [1.54, 1.807) is 24.3 Å². The van der Waals surface area contributed by atoms with Crippen LogP contribution in [-0.4, -0.2) is 27.9 Å². The maximum Gasteiger partial charge on any atom is 0.335 e. The van der Waals surface area contributed by atoms with E-state index in [0.29, 0.717) is 31.6 Å².